The van der Waals surface area contributed by atoms with Crippen molar-refractivity contribution in [2.75, 3.05) is 5.43 Å². The fourth-order valence-corrected chi connectivity index (χ4v) is 2.59. The minimum absolute atomic E-state index is 0.147. The van der Waals surface area contributed by atoms with Crippen molar-refractivity contribution in [3.05, 3.63) is 40.1 Å². The summed E-state index contributed by atoms with van der Waals surface area (Å²) in [5.74, 6) is 5.16. The quantitative estimate of drug-likeness (QED) is 0.577. The summed E-state index contributed by atoms with van der Waals surface area (Å²) in [5.41, 5.74) is 3.42. The molecule has 0 spiro atoms. The van der Waals surface area contributed by atoms with Crippen molar-refractivity contribution in [1.82, 2.24) is 15.3 Å². The van der Waals surface area contributed by atoms with Gasteiger partial charge in [-0.15, -0.1) is 11.3 Å². The van der Waals surface area contributed by atoms with Crippen LogP contribution in [0, 0.1) is 0 Å². The van der Waals surface area contributed by atoms with Crippen LogP contribution in [0.5, 0.6) is 0 Å². The highest BCUT2D eigenvalue weighted by Crippen LogP contribution is 2.21. The van der Waals surface area contributed by atoms with Gasteiger partial charge in [-0.1, -0.05) is 6.92 Å². The van der Waals surface area contributed by atoms with Crippen molar-refractivity contribution in [2.45, 2.75) is 26.3 Å². The Morgan fingerprint density at radius 3 is 2.95 bits per heavy atom. The minimum Gasteiger partial charge on any atom is -0.343 e. The smallest absolute Gasteiger partial charge is 0.254 e. The van der Waals surface area contributed by atoms with Gasteiger partial charge in [-0.05, 0) is 19.4 Å². The van der Waals surface area contributed by atoms with Gasteiger partial charge in [0.2, 0.25) is 0 Å². The highest BCUT2D eigenvalue weighted by Gasteiger charge is 2.16. The van der Waals surface area contributed by atoms with Gasteiger partial charge in [0.1, 0.15) is 5.01 Å². The van der Waals surface area contributed by atoms with Gasteiger partial charge in [-0.2, -0.15) is 0 Å². The maximum atomic E-state index is 12.2. The average molecular weight is 291 g/mol. The van der Waals surface area contributed by atoms with Crippen molar-refractivity contribution >= 4 is 22.9 Å². The fraction of sp³-hybridized carbons (Fsp3) is 0.308. The zero-order chi connectivity index (χ0) is 14.5. The highest BCUT2D eigenvalue weighted by molar-refractivity contribution is 7.11. The molecule has 0 aliphatic heterocycles. The number of thiazole rings is 1. The third-order valence-corrected chi connectivity index (χ3v) is 4.18. The number of aromatic nitrogens is 2. The summed E-state index contributed by atoms with van der Waals surface area (Å²) in [6.45, 7) is 3.99. The van der Waals surface area contributed by atoms with Crippen LogP contribution in [0.25, 0.3) is 0 Å². The van der Waals surface area contributed by atoms with Gasteiger partial charge in [0.05, 0.1) is 23.5 Å². The molecule has 4 N–H and O–H groups in total. The topological polar surface area (TPSA) is 92.9 Å². The molecule has 0 radical (unpaired) electrons. The standard InChI is InChI=1S/C13H17N5OS/c1-3-9-6-16-13(20-9)8(2)17-12(19)10-4-5-15-7-11(10)18-14/h4-8,18H,3,14H2,1-2H3,(H,17,19). The Morgan fingerprint density at radius 1 is 1.50 bits per heavy atom. The molecular formula is C13H17N5OS. The predicted octanol–water partition coefficient (Wildman–Crippen LogP) is 1.88. The number of nitrogens with zero attached hydrogens (tertiary/aromatic N) is 2. The van der Waals surface area contributed by atoms with Crippen LogP contribution in [-0.4, -0.2) is 15.9 Å². The second kappa shape index (κ2) is 6.44. The van der Waals surface area contributed by atoms with Crippen LogP contribution in [-0.2, 0) is 6.42 Å². The molecule has 0 saturated carbocycles. The molecule has 6 nitrogen and oxygen atoms in total. The zero-order valence-electron chi connectivity index (χ0n) is 11.4. The van der Waals surface area contributed by atoms with Gasteiger partial charge < -0.3 is 10.7 Å². The zero-order valence-corrected chi connectivity index (χ0v) is 12.2. The Kier molecular flexibility index (Phi) is 4.65. The summed E-state index contributed by atoms with van der Waals surface area (Å²) in [7, 11) is 0. The molecule has 7 heteroatoms. The van der Waals surface area contributed by atoms with Crippen molar-refractivity contribution in [2.24, 2.45) is 5.84 Å². The van der Waals surface area contributed by atoms with Gasteiger partial charge in [0.25, 0.3) is 5.91 Å². The molecule has 1 atom stereocenters. The van der Waals surface area contributed by atoms with Crippen LogP contribution in [0.2, 0.25) is 0 Å². The first kappa shape index (κ1) is 14.4. The van der Waals surface area contributed by atoms with E-state index >= 15 is 0 Å². The van der Waals surface area contributed by atoms with Crippen LogP contribution >= 0.6 is 11.3 Å². The first-order valence-corrected chi connectivity index (χ1v) is 7.13. The predicted molar refractivity (Wildman–Crippen MR) is 79.4 cm³/mol. The molecule has 2 rings (SSSR count). The number of nitrogens with two attached hydrogens (primary N) is 1. The fourth-order valence-electron chi connectivity index (χ4n) is 1.73. The minimum atomic E-state index is -0.207. The van der Waals surface area contributed by atoms with E-state index in [1.54, 1.807) is 23.6 Å². The number of amides is 1. The SMILES string of the molecule is CCc1cnc(C(C)NC(=O)c2ccncc2NN)s1. The summed E-state index contributed by atoms with van der Waals surface area (Å²) >= 11 is 1.61. The summed E-state index contributed by atoms with van der Waals surface area (Å²) in [4.78, 5) is 21.7. The summed E-state index contributed by atoms with van der Waals surface area (Å²) in [6.07, 6.45) is 5.86. The second-order valence-electron chi connectivity index (χ2n) is 4.28. The summed E-state index contributed by atoms with van der Waals surface area (Å²) in [6, 6.07) is 1.47. The Balaban J connectivity index is 2.10. The first-order chi connectivity index (χ1) is 9.65. The molecule has 1 unspecified atom stereocenters. The maximum Gasteiger partial charge on any atom is 0.254 e. The lowest BCUT2D eigenvalue weighted by atomic mass is 10.2. The summed E-state index contributed by atoms with van der Waals surface area (Å²) in [5, 5.41) is 3.81. The molecule has 2 aromatic rings. The van der Waals surface area contributed by atoms with Crippen molar-refractivity contribution in [3.63, 3.8) is 0 Å². The number of nitrogens with one attached hydrogen (secondary N) is 2. The molecule has 0 aliphatic rings. The van der Waals surface area contributed by atoms with E-state index in [4.69, 9.17) is 5.84 Å². The van der Waals surface area contributed by atoms with E-state index < -0.39 is 0 Å². The van der Waals surface area contributed by atoms with Crippen molar-refractivity contribution in [3.8, 4) is 0 Å². The van der Waals surface area contributed by atoms with E-state index in [-0.39, 0.29) is 11.9 Å². The van der Waals surface area contributed by atoms with E-state index in [9.17, 15) is 4.79 Å². The number of rotatable bonds is 5. The van der Waals surface area contributed by atoms with Crippen LogP contribution in [0.4, 0.5) is 5.69 Å². The van der Waals surface area contributed by atoms with Gasteiger partial charge in [0, 0.05) is 17.3 Å². The van der Waals surface area contributed by atoms with Crippen LogP contribution in [0.1, 0.15) is 40.1 Å². The lowest BCUT2D eigenvalue weighted by Crippen LogP contribution is -2.28. The number of hydrazine groups is 1. The lowest BCUT2D eigenvalue weighted by Gasteiger charge is -2.13. The number of anilines is 1. The van der Waals surface area contributed by atoms with E-state index in [0.717, 1.165) is 11.4 Å². The third kappa shape index (κ3) is 3.12. The molecule has 1 amide bonds. The molecule has 0 fully saturated rings. The van der Waals surface area contributed by atoms with E-state index in [2.05, 4.69) is 27.6 Å². The molecule has 106 valence electrons. The molecule has 20 heavy (non-hydrogen) atoms. The van der Waals surface area contributed by atoms with Gasteiger partial charge in [-0.3, -0.25) is 15.6 Å². The van der Waals surface area contributed by atoms with Crippen LogP contribution < -0.4 is 16.6 Å². The Labute approximate surface area is 121 Å². The molecule has 2 aromatic heterocycles. The molecule has 2 heterocycles. The normalized spacial score (nSPS) is 11.9. The van der Waals surface area contributed by atoms with E-state index in [0.29, 0.717) is 11.3 Å². The van der Waals surface area contributed by atoms with Crippen LogP contribution in [0.15, 0.2) is 24.7 Å². The number of hydrogen-bond donors (Lipinski definition) is 3. The van der Waals surface area contributed by atoms with Gasteiger partial charge in [0.15, 0.2) is 0 Å². The molecule has 0 aliphatic carbocycles. The monoisotopic (exact) mass is 291 g/mol. The number of aryl methyl sites for hydroxylation is 1. The van der Waals surface area contributed by atoms with Crippen LogP contribution in [0.3, 0.4) is 0 Å². The number of pyridine rings is 1. The molecular weight excluding hydrogens is 274 g/mol. The molecule has 0 bridgehead atoms. The maximum absolute atomic E-state index is 12.2. The molecule has 0 aromatic carbocycles. The van der Waals surface area contributed by atoms with Crippen molar-refractivity contribution in [1.29, 1.82) is 0 Å². The van der Waals surface area contributed by atoms with Crippen molar-refractivity contribution < 1.29 is 4.79 Å². The highest BCUT2D eigenvalue weighted by atomic mass is 32.1. The Bertz CT molecular complexity index is 598. The van der Waals surface area contributed by atoms with Gasteiger partial charge >= 0.3 is 0 Å². The number of carbonyl (C=O) groups is 1. The Hall–Kier alpha value is -1.99. The summed E-state index contributed by atoms with van der Waals surface area (Å²) < 4.78 is 0. The molecule has 0 saturated heterocycles. The Morgan fingerprint density at radius 2 is 2.30 bits per heavy atom. The largest absolute Gasteiger partial charge is 0.343 e. The lowest BCUT2D eigenvalue weighted by molar-refractivity contribution is 0.0940. The number of hydrogen-bond acceptors (Lipinski definition) is 6. The average Bonchev–Trinajstić information content (AvgIpc) is 2.96. The number of nitrogen functional groups attached to an aromatic ring is 1. The second-order valence-corrected chi connectivity index (χ2v) is 5.43. The van der Waals surface area contributed by atoms with E-state index in [1.807, 2.05) is 13.1 Å². The first-order valence-electron chi connectivity index (χ1n) is 6.31. The van der Waals surface area contributed by atoms with Gasteiger partial charge in [-0.25, -0.2) is 4.98 Å². The number of carbonyl (C=O) groups excluding carboxylic acids is 1. The third-order valence-electron chi connectivity index (χ3n) is 2.86. The van der Waals surface area contributed by atoms with E-state index in [1.165, 1.54) is 11.1 Å².